The molecule has 1 aromatic heterocycles. The third-order valence-electron chi connectivity index (χ3n) is 3.12. The zero-order chi connectivity index (χ0) is 14.9. The van der Waals surface area contributed by atoms with Gasteiger partial charge in [-0.2, -0.15) is 4.98 Å². The molecule has 1 heterocycles. The van der Waals surface area contributed by atoms with Gasteiger partial charge < -0.3 is 15.4 Å². The molecular weight excluding hydrogens is 264 g/mol. The summed E-state index contributed by atoms with van der Waals surface area (Å²) in [7, 11) is 1.67. The van der Waals surface area contributed by atoms with E-state index in [1.165, 1.54) is 0 Å². The molecule has 0 unspecified atom stereocenters. The third-order valence-corrected chi connectivity index (χ3v) is 3.12. The average molecular weight is 286 g/mol. The highest BCUT2D eigenvalue weighted by Gasteiger charge is 2.03. The molecule has 0 saturated carbocycles. The Balaban J connectivity index is 1.95. The van der Waals surface area contributed by atoms with E-state index in [9.17, 15) is 0 Å². The molecule has 0 spiro atoms. The Morgan fingerprint density at radius 1 is 1.14 bits per heavy atom. The van der Waals surface area contributed by atoms with Crippen molar-refractivity contribution in [2.24, 2.45) is 0 Å². The fourth-order valence-corrected chi connectivity index (χ4v) is 1.96. The number of unbranched alkanes of at least 4 members (excludes halogenated alkanes) is 1. The summed E-state index contributed by atoms with van der Waals surface area (Å²) < 4.78 is 5.33. The van der Waals surface area contributed by atoms with Crippen LogP contribution in [-0.4, -0.2) is 23.6 Å². The van der Waals surface area contributed by atoms with Crippen molar-refractivity contribution in [2.75, 3.05) is 24.3 Å². The maximum Gasteiger partial charge on any atom is 0.224 e. The second-order valence-corrected chi connectivity index (χ2v) is 4.71. The van der Waals surface area contributed by atoms with E-state index in [2.05, 4.69) is 27.5 Å². The Kier molecular flexibility index (Phi) is 5.82. The molecule has 0 aliphatic heterocycles. The summed E-state index contributed by atoms with van der Waals surface area (Å²) in [4.78, 5) is 8.68. The largest absolute Gasteiger partial charge is 0.496 e. The Morgan fingerprint density at radius 3 is 2.81 bits per heavy atom. The molecule has 5 nitrogen and oxygen atoms in total. The number of benzene rings is 1. The molecule has 0 amide bonds. The van der Waals surface area contributed by atoms with Gasteiger partial charge in [-0.3, -0.25) is 0 Å². The molecule has 0 aliphatic carbocycles. The average Bonchev–Trinajstić information content (AvgIpc) is 2.54. The zero-order valence-corrected chi connectivity index (χ0v) is 12.6. The van der Waals surface area contributed by atoms with Crippen LogP contribution in [0.5, 0.6) is 5.75 Å². The summed E-state index contributed by atoms with van der Waals surface area (Å²) in [5.74, 6) is 2.32. The molecule has 0 fully saturated rings. The minimum atomic E-state index is 0.613. The Morgan fingerprint density at radius 2 is 2.00 bits per heavy atom. The van der Waals surface area contributed by atoms with Crippen molar-refractivity contribution >= 4 is 11.8 Å². The van der Waals surface area contributed by atoms with E-state index in [1.807, 2.05) is 30.3 Å². The number of hydrogen-bond donors (Lipinski definition) is 2. The van der Waals surface area contributed by atoms with E-state index >= 15 is 0 Å². The van der Waals surface area contributed by atoms with Crippen LogP contribution in [0.4, 0.5) is 11.8 Å². The van der Waals surface area contributed by atoms with Gasteiger partial charge in [0.1, 0.15) is 11.6 Å². The number of para-hydroxylation sites is 1. The number of hydrogen-bond acceptors (Lipinski definition) is 5. The van der Waals surface area contributed by atoms with Gasteiger partial charge in [0.15, 0.2) is 0 Å². The van der Waals surface area contributed by atoms with E-state index in [0.29, 0.717) is 12.5 Å². The van der Waals surface area contributed by atoms with Crippen LogP contribution in [0.25, 0.3) is 0 Å². The molecule has 0 radical (unpaired) electrons. The maximum absolute atomic E-state index is 5.33. The lowest BCUT2D eigenvalue weighted by Crippen LogP contribution is -2.08. The van der Waals surface area contributed by atoms with Crippen molar-refractivity contribution < 1.29 is 4.74 Å². The summed E-state index contributed by atoms with van der Waals surface area (Å²) in [6, 6.07) is 9.79. The molecule has 5 heteroatoms. The van der Waals surface area contributed by atoms with Gasteiger partial charge in [0.05, 0.1) is 7.11 Å². The van der Waals surface area contributed by atoms with Gasteiger partial charge in [-0.15, -0.1) is 0 Å². The predicted octanol–water partition coefficient (Wildman–Crippen LogP) is 3.31. The zero-order valence-electron chi connectivity index (χ0n) is 12.6. The first-order valence-electron chi connectivity index (χ1n) is 7.26. The molecule has 1 aromatic carbocycles. The van der Waals surface area contributed by atoms with Crippen molar-refractivity contribution in [3.63, 3.8) is 0 Å². The number of aromatic nitrogens is 2. The normalized spacial score (nSPS) is 10.2. The maximum atomic E-state index is 5.33. The van der Waals surface area contributed by atoms with E-state index < -0.39 is 0 Å². The summed E-state index contributed by atoms with van der Waals surface area (Å²) in [6.45, 7) is 3.73. The molecule has 2 aromatic rings. The highest BCUT2D eigenvalue weighted by Crippen LogP contribution is 2.18. The second-order valence-electron chi connectivity index (χ2n) is 4.71. The molecule has 0 atom stereocenters. The van der Waals surface area contributed by atoms with Crippen LogP contribution in [0.2, 0.25) is 0 Å². The number of rotatable bonds is 8. The predicted molar refractivity (Wildman–Crippen MR) is 85.8 cm³/mol. The summed E-state index contributed by atoms with van der Waals surface area (Å²) >= 11 is 0. The lowest BCUT2D eigenvalue weighted by atomic mass is 10.2. The number of methoxy groups -OCH3 is 1. The minimum absolute atomic E-state index is 0.613. The highest BCUT2D eigenvalue weighted by atomic mass is 16.5. The third kappa shape index (κ3) is 4.63. The first-order valence-corrected chi connectivity index (χ1v) is 7.26. The molecule has 0 aliphatic rings. The van der Waals surface area contributed by atoms with Gasteiger partial charge in [0.2, 0.25) is 5.95 Å². The molecule has 21 heavy (non-hydrogen) atoms. The number of anilines is 2. The van der Waals surface area contributed by atoms with Gasteiger partial charge in [0.25, 0.3) is 0 Å². The molecule has 2 N–H and O–H groups in total. The Labute approximate surface area is 125 Å². The van der Waals surface area contributed by atoms with Gasteiger partial charge in [-0.05, 0) is 18.6 Å². The molecule has 0 bridgehead atoms. The second kappa shape index (κ2) is 8.09. The number of nitrogens with one attached hydrogen (secondary N) is 2. The smallest absolute Gasteiger partial charge is 0.224 e. The van der Waals surface area contributed by atoms with Gasteiger partial charge in [-0.1, -0.05) is 31.5 Å². The first kappa shape index (κ1) is 15.1. The van der Waals surface area contributed by atoms with Crippen LogP contribution >= 0.6 is 0 Å². The van der Waals surface area contributed by atoms with E-state index in [0.717, 1.165) is 36.5 Å². The highest BCUT2D eigenvalue weighted by molar-refractivity contribution is 5.41. The molecule has 0 saturated heterocycles. The van der Waals surface area contributed by atoms with Crippen molar-refractivity contribution in [3.05, 3.63) is 42.1 Å². The lowest BCUT2D eigenvalue weighted by Gasteiger charge is -2.10. The Hall–Kier alpha value is -2.30. The van der Waals surface area contributed by atoms with E-state index in [-0.39, 0.29) is 0 Å². The van der Waals surface area contributed by atoms with Crippen molar-refractivity contribution in [3.8, 4) is 5.75 Å². The van der Waals surface area contributed by atoms with E-state index in [1.54, 1.807) is 13.3 Å². The van der Waals surface area contributed by atoms with Crippen molar-refractivity contribution in [2.45, 2.75) is 26.3 Å². The SMILES string of the molecule is CCCCNc1ccnc(NCc2ccccc2OC)n1. The molecule has 112 valence electrons. The van der Waals surface area contributed by atoms with Crippen LogP contribution in [0.1, 0.15) is 25.3 Å². The monoisotopic (exact) mass is 286 g/mol. The number of ether oxygens (including phenoxy) is 1. The fraction of sp³-hybridized carbons (Fsp3) is 0.375. The standard InChI is InChI=1S/C16H22N4O/c1-3-4-10-17-15-9-11-18-16(20-15)19-12-13-7-5-6-8-14(13)21-2/h5-9,11H,3-4,10,12H2,1-2H3,(H2,17,18,19,20). The summed E-state index contributed by atoms with van der Waals surface area (Å²) in [5.41, 5.74) is 1.08. The van der Waals surface area contributed by atoms with Crippen LogP contribution in [0.3, 0.4) is 0 Å². The molecule has 2 rings (SSSR count). The van der Waals surface area contributed by atoms with Gasteiger partial charge >= 0.3 is 0 Å². The number of nitrogens with zero attached hydrogens (tertiary/aromatic N) is 2. The minimum Gasteiger partial charge on any atom is -0.496 e. The van der Waals surface area contributed by atoms with Crippen LogP contribution in [-0.2, 0) is 6.54 Å². The van der Waals surface area contributed by atoms with Crippen LogP contribution in [0, 0.1) is 0 Å². The summed E-state index contributed by atoms with van der Waals surface area (Å²) in [5, 5.41) is 6.52. The van der Waals surface area contributed by atoms with Crippen molar-refractivity contribution in [1.29, 1.82) is 0 Å². The summed E-state index contributed by atoms with van der Waals surface area (Å²) in [6.07, 6.45) is 4.05. The van der Waals surface area contributed by atoms with Gasteiger partial charge in [-0.25, -0.2) is 4.98 Å². The Bertz CT molecular complexity index is 559. The lowest BCUT2D eigenvalue weighted by molar-refractivity contribution is 0.410. The van der Waals surface area contributed by atoms with Crippen LogP contribution < -0.4 is 15.4 Å². The van der Waals surface area contributed by atoms with Gasteiger partial charge in [0, 0.05) is 24.8 Å². The van der Waals surface area contributed by atoms with Crippen molar-refractivity contribution in [1.82, 2.24) is 9.97 Å². The topological polar surface area (TPSA) is 59.1 Å². The van der Waals surface area contributed by atoms with E-state index in [4.69, 9.17) is 4.74 Å². The van der Waals surface area contributed by atoms with Crippen LogP contribution in [0.15, 0.2) is 36.5 Å². The quantitative estimate of drug-likeness (QED) is 0.729. The fourth-order valence-electron chi connectivity index (χ4n) is 1.96. The first-order chi connectivity index (χ1) is 10.3. The molecular formula is C16H22N4O.